The van der Waals surface area contributed by atoms with Gasteiger partial charge >= 0.3 is 0 Å². The number of hydrogen-bond acceptors (Lipinski definition) is 7. The number of nitrogens with zero attached hydrogens (tertiary/aromatic N) is 2. The normalized spacial score (nSPS) is 52.9. The van der Waals surface area contributed by atoms with Crippen LogP contribution in [0.5, 0.6) is 0 Å². The van der Waals surface area contributed by atoms with Crippen molar-refractivity contribution >= 4 is 17.6 Å². The molecule has 7 unspecified atom stereocenters. The molecule has 6 fully saturated rings. The van der Waals surface area contributed by atoms with Gasteiger partial charge in [0, 0.05) is 19.9 Å². The Labute approximate surface area is 156 Å². The molecule has 27 heavy (non-hydrogen) atoms. The van der Waals surface area contributed by atoms with Crippen LogP contribution in [0.2, 0.25) is 0 Å². The topological polar surface area (TPSA) is 117 Å². The van der Waals surface area contributed by atoms with Crippen LogP contribution in [0.4, 0.5) is 0 Å². The first-order valence-corrected chi connectivity index (χ1v) is 9.31. The Morgan fingerprint density at radius 2 is 1.89 bits per heavy atom. The molecule has 1 saturated carbocycles. The van der Waals surface area contributed by atoms with Crippen molar-refractivity contribution in [2.24, 2.45) is 5.41 Å². The van der Waals surface area contributed by atoms with Crippen LogP contribution in [-0.2, 0) is 23.9 Å². The number of carbonyl (C=O) groups is 3. The number of fused-ring (bicyclic) bond motifs is 3. The molecule has 0 aromatic carbocycles. The third kappa shape index (κ3) is 1.58. The lowest BCUT2D eigenvalue weighted by molar-refractivity contribution is -0.238. The first-order valence-electron chi connectivity index (χ1n) is 9.31. The van der Waals surface area contributed by atoms with Crippen molar-refractivity contribution in [1.29, 1.82) is 0 Å². The van der Waals surface area contributed by atoms with E-state index in [1.54, 1.807) is 20.8 Å². The zero-order valence-corrected chi connectivity index (χ0v) is 15.8. The van der Waals surface area contributed by atoms with E-state index in [0.717, 1.165) is 0 Å². The maximum Gasteiger partial charge on any atom is 0.276 e. The van der Waals surface area contributed by atoms with E-state index < -0.39 is 52.5 Å². The molecule has 0 aromatic rings. The van der Waals surface area contributed by atoms with Crippen LogP contribution < -0.4 is 0 Å². The summed E-state index contributed by atoms with van der Waals surface area (Å²) in [5.74, 6) is -1.02. The van der Waals surface area contributed by atoms with Gasteiger partial charge in [-0.15, -0.1) is 0 Å². The van der Waals surface area contributed by atoms with Crippen LogP contribution >= 0.6 is 0 Å². The van der Waals surface area contributed by atoms with Crippen LogP contribution in [-0.4, -0.2) is 92.5 Å². The second-order valence-corrected chi connectivity index (χ2v) is 9.23. The molecule has 2 N–H and O–H groups in total. The number of hydrogen-bond donors (Lipinski definition) is 2. The molecule has 6 rings (SSSR count). The summed E-state index contributed by atoms with van der Waals surface area (Å²) >= 11 is 0. The average molecular weight is 380 g/mol. The van der Waals surface area contributed by atoms with E-state index in [4.69, 9.17) is 9.47 Å². The molecule has 6 aliphatic rings. The van der Waals surface area contributed by atoms with E-state index in [9.17, 15) is 24.6 Å². The fourth-order valence-corrected chi connectivity index (χ4v) is 5.82. The fourth-order valence-electron chi connectivity index (χ4n) is 5.82. The van der Waals surface area contributed by atoms with Gasteiger partial charge in [0.25, 0.3) is 11.8 Å². The number of ketones is 1. The molecule has 1 aliphatic carbocycles. The summed E-state index contributed by atoms with van der Waals surface area (Å²) in [6.45, 7) is 5.31. The molecule has 9 heteroatoms. The Bertz CT molecular complexity index is 799. The standard InChI is InChI=1S/C18H24N2O7/c1-8-15(2,3)12(22)17(27-8)5-10-16(25,13(17)23)7-18-14(24)19(4)9(6-26-18)11(21)20(10)18/h8-10,13,23,25H,5-7H2,1-4H3. The number of ether oxygens (including phenoxy) is 2. The van der Waals surface area contributed by atoms with E-state index in [0.29, 0.717) is 0 Å². The van der Waals surface area contributed by atoms with E-state index in [2.05, 4.69) is 0 Å². The molecule has 148 valence electrons. The Morgan fingerprint density at radius 1 is 1.22 bits per heavy atom. The van der Waals surface area contributed by atoms with Gasteiger partial charge < -0.3 is 24.6 Å². The van der Waals surface area contributed by atoms with Gasteiger partial charge in [-0.1, -0.05) is 13.8 Å². The summed E-state index contributed by atoms with van der Waals surface area (Å²) in [5.41, 5.74) is -5.90. The number of aliphatic hydroxyl groups is 2. The molecule has 5 saturated heterocycles. The Hall–Kier alpha value is -1.55. The van der Waals surface area contributed by atoms with Crippen molar-refractivity contribution in [3.63, 3.8) is 0 Å². The lowest BCUT2D eigenvalue weighted by atomic mass is 9.76. The predicted molar refractivity (Wildman–Crippen MR) is 88.1 cm³/mol. The largest absolute Gasteiger partial charge is 0.387 e. The minimum atomic E-state index is -1.86. The zero-order valence-electron chi connectivity index (χ0n) is 15.8. The molecule has 0 radical (unpaired) electrons. The molecule has 5 heterocycles. The third-order valence-electron chi connectivity index (χ3n) is 7.71. The van der Waals surface area contributed by atoms with E-state index in [-0.39, 0.29) is 31.1 Å². The molecule has 9 nitrogen and oxygen atoms in total. The highest BCUT2D eigenvalue weighted by atomic mass is 16.6. The number of morpholine rings is 1. The van der Waals surface area contributed by atoms with Gasteiger partial charge in [-0.2, -0.15) is 0 Å². The smallest absolute Gasteiger partial charge is 0.276 e. The van der Waals surface area contributed by atoms with Gasteiger partial charge in [-0.3, -0.25) is 19.3 Å². The van der Waals surface area contributed by atoms with Gasteiger partial charge in [0.1, 0.15) is 17.7 Å². The quantitative estimate of drug-likeness (QED) is 0.520. The maximum atomic E-state index is 13.2. The molecular formula is C18H24N2O7. The van der Waals surface area contributed by atoms with Crippen molar-refractivity contribution in [3.05, 3.63) is 0 Å². The van der Waals surface area contributed by atoms with Gasteiger partial charge in [0.05, 0.1) is 24.2 Å². The molecular weight excluding hydrogens is 356 g/mol. The first-order chi connectivity index (χ1) is 12.4. The second kappa shape index (κ2) is 4.53. The lowest BCUT2D eigenvalue weighted by Gasteiger charge is -2.53. The monoisotopic (exact) mass is 380 g/mol. The minimum absolute atomic E-state index is 0.0567. The number of amides is 2. The molecule has 0 aromatic heterocycles. The minimum Gasteiger partial charge on any atom is -0.387 e. The summed E-state index contributed by atoms with van der Waals surface area (Å²) in [5, 5.41) is 22.6. The van der Waals surface area contributed by atoms with Gasteiger partial charge in [-0.25, -0.2) is 0 Å². The predicted octanol–water partition coefficient (Wildman–Crippen LogP) is -1.60. The molecule has 2 bridgehead atoms. The number of rotatable bonds is 0. The van der Waals surface area contributed by atoms with Crippen LogP contribution in [0, 0.1) is 5.41 Å². The van der Waals surface area contributed by atoms with Gasteiger partial charge in [0.15, 0.2) is 11.4 Å². The van der Waals surface area contributed by atoms with Crippen molar-refractivity contribution in [3.8, 4) is 0 Å². The van der Waals surface area contributed by atoms with E-state index >= 15 is 0 Å². The average Bonchev–Trinajstić information content (AvgIpc) is 3.05. The maximum absolute atomic E-state index is 13.2. The highest BCUT2D eigenvalue weighted by Gasteiger charge is 2.81. The van der Waals surface area contributed by atoms with Crippen LogP contribution in [0.1, 0.15) is 33.6 Å². The van der Waals surface area contributed by atoms with Crippen molar-refractivity contribution < 1.29 is 34.1 Å². The Balaban J connectivity index is 1.61. The number of Topliss-reactive ketones (excluding diaryl/α,β-unsaturated/α-hetero) is 1. The van der Waals surface area contributed by atoms with Crippen molar-refractivity contribution in [2.75, 3.05) is 13.7 Å². The molecule has 2 spiro atoms. The van der Waals surface area contributed by atoms with Crippen molar-refractivity contribution in [1.82, 2.24) is 9.80 Å². The number of aliphatic hydroxyl groups excluding tert-OH is 1. The van der Waals surface area contributed by atoms with Crippen LogP contribution in [0.25, 0.3) is 0 Å². The summed E-state index contributed by atoms with van der Waals surface area (Å²) in [6, 6.07) is -1.68. The zero-order chi connectivity index (χ0) is 19.7. The number of likely N-dealkylation sites (N-methyl/N-ethyl adjacent to an activating group) is 1. The van der Waals surface area contributed by atoms with E-state index in [1.807, 2.05) is 0 Å². The van der Waals surface area contributed by atoms with Gasteiger partial charge in [0.2, 0.25) is 5.72 Å². The highest BCUT2D eigenvalue weighted by molar-refractivity contribution is 6.02. The third-order valence-corrected chi connectivity index (χ3v) is 7.71. The van der Waals surface area contributed by atoms with Crippen molar-refractivity contribution in [2.45, 2.75) is 74.8 Å². The second-order valence-electron chi connectivity index (χ2n) is 9.23. The highest BCUT2D eigenvalue weighted by Crippen LogP contribution is 2.60. The lowest BCUT2D eigenvalue weighted by Crippen LogP contribution is -2.76. The van der Waals surface area contributed by atoms with Gasteiger partial charge in [-0.05, 0) is 6.92 Å². The van der Waals surface area contributed by atoms with Crippen LogP contribution in [0.15, 0.2) is 0 Å². The molecule has 7 atom stereocenters. The Morgan fingerprint density at radius 3 is 2.48 bits per heavy atom. The summed E-state index contributed by atoms with van der Waals surface area (Å²) < 4.78 is 11.7. The van der Waals surface area contributed by atoms with Crippen LogP contribution in [0.3, 0.4) is 0 Å². The summed E-state index contributed by atoms with van der Waals surface area (Å²) in [7, 11) is 1.54. The summed E-state index contributed by atoms with van der Waals surface area (Å²) in [4.78, 5) is 41.7. The number of piperazine rings is 1. The van der Waals surface area contributed by atoms with E-state index in [1.165, 1.54) is 16.8 Å². The fraction of sp³-hybridized carbons (Fsp3) is 0.833. The summed E-state index contributed by atoms with van der Waals surface area (Å²) in [6.07, 6.45) is -2.34. The molecule has 5 aliphatic heterocycles. The first kappa shape index (κ1) is 17.5. The Kier molecular flexibility index (Phi) is 2.95. The SMILES string of the molecule is CC1OC2(CC3N4C(=O)C5COC4(CC3(O)C2O)C(=O)N5C)C(=O)C1(C)C. The molecule has 2 amide bonds. The number of carbonyl (C=O) groups excluding carboxylic acids is 3.